The fourth-order valence-corrected chi connectivity index (χ4v) is 1.48. The molecule has 0 radical (unpaired) electrons. The van der Waals surface area contributed by atoms with Crippen LogP contribution in [-0.4, -0.2) is 19.1 Å². The molecule has 0 aromatic carbocycles. The van der Waals surface area contributed by atoms with Gasteiger partial charge in [0.1, 0.15) is 0 Å². The summed E-state index contributed by atoms with van der Waals surface area (Å²) in [5, 5.41) is 0. The lowest BCUT2D eigenvalue weighted by atomic mass is 9.94. The average Bonchev–Trinajstić information content (AvgIpc) is 2.16. The molecule has 0 amide bonds. The fourth-order valence-electron chi connectivity index (χ4n) is 1.48. The van der Waals surface area contributed by atoms with Gasteiger partial charge in [0, 0.05) is 6.42 Å². The number of hydrogen-bond donors (Lipinski definition) is 1. The first kappa shape index (κ1) is 17.8. The van der Waals surface area contributed by atoms with Crippen LogP contribution in [0.3, 0.4) is 0 Å². The van der Waals surface area contributed by atoms with E-state index in [1.165, 1.54) is 0 Å². The number of carbonyl (C=O) groups excluding carboxylic acids is 1. The Balaban J connectivity index is 0. The Hall–Kier alpha value is -0.540. The van der Waals surface area contributed by atoms with Crippen LogP contribution in [0.2, 0.25) is 0 Å². The summed E-state index contributed by atoms with van der Waals surface area (Å²) in [7, 11) is 0. The van der Waals surface area contributed by atoms with Crippen LogP contribution in [0.25, 0.3) is 0 Å². The maximum absolute atomic E-state index is 11.4. The second-order valence-electron chi connectivity index (χ2n) is 4.23. The zero-order valence-electron chi connectivity index (χ0n) is 10.3. The molecule has 0 aliphatic carbocycles. The van der Waals surface area contributed by atoms with E-state index in [1.54, 1.807) is 6.08 Å². The first-order valence-electron chi connectivity index (χ1n) is 5.56. The summed E-state index contributed by atoms with van der Waals surface area (Å²) in [6.07, 6.45) is 3.86. The number of rotatable bonds is 8. The van der Waals surface area contributed by atoms with Gasteiger partial charge in [0.25, 0.3) is 0 Å². The Morgan fingerprint density at radius 3 is 2.56 bits per heavy atom. The monoisotopic (exact) mass is 249 g/mol. The van der Waals surface area contributed by atoms with E-state index in [2.05, 4.69) is 20.4 Å². The minimum Gasteiger partial charge on any atom is -0.465 e. The molecule has 0 heterocycles. The summed E-state index contributed by atoms with van der Waals surface area (Å²) in [4.78, 5) is 11.4. The van der Waals surface area contributed by atoms with Gasteiger partial charge in [-0.2, -0.15) is 0 Å². The van der Waals surface area contributed by atoms with Crippen molar-refractivity contribution in [1.29, 1.82) is 0 Å². The summed E-state index contributed by atoms with van der Waals surface area (Å²) >= 11 is 0. The molecule has 1 atom stereocenters. The van der Waals surface area contributed by atoms with Crippen LogP contribution in [-0.2, 0) is 9.53 Å². The third-order valence-electron chi connectivity index (χ3n) is 2.18. The van der Waals surface area contributed by atoms with Crippen LogP contribution in [0.1, 0.15) is 33.1 Å². The molecule has 3 nitrogen and oxygen atoms in total. The average molecular weight is 250 g/mol. The third-order valence-corrected chi connectivity index (χ3v) is 2.18. The smallest absolute Gasteiger partial charge is 0.306 e. The minimum atomic E-state index is -0.145. The zero-order valence-corrected chi connectivity index (χ0v) is 11.1. The van der Waals surface area contributed by atoms with Gasteiger partial charge in [-0.1, -0.05) is 19.9 Å². The molecule has 96 valence electrons. The molecule has 0 bridgehead atoms. The molecule has 0 aliphatic heterocycles. The van der Waals surface area contributed by atoms with E-state index in [1.807, 2.05) is 0 Å². The Kier molecular flexibility index (Phi) is 12.2. The van der Waals surface area contributed by atoms with Gasteiger partial charge < -0.3 is 10.5 Å². The number of nitrogens with two attached hydrogens (primary N) is 1. The maximum Gasteiger partial charge on any atom is 0.306 e. The fraction of sp³-hybridized carbons (Fsp3) is 0.750. The van der Waals surface area contributed by atoms with Gasteiger partial charge in [-0.15, -0.1) is 19.0 Å². The van der Waals surface area contributed by atoms with E-state index < -0.39 is 0 Å². The van der Waals surface area contributed by atoms with Gasteiger partial charge >= 0.3 is 5.97 Å². The molecular weight excluding hydrogens is 226 g/mol. The predicted octanol–water partition coefficient (Wildman–Crippen LogP) is 2.54. The first-order valence-corrected chi connectivity index (χ1v) is 5.56. The second-order valence-corrected chi connectivity index (χ2v) is 4.23. The maximum atomic E-state index is 11.4. The van der Waals surface area contributed by atoms with Crippen LogP contribution in [0, 0.1) is 11.8 Å². The highest BCUT2D eigenvalue weighted by Crippen LogP contribution is 2.14. The normalized spacial score (nSPS) is 11.8. The Bertz CT molecular complexity index is 195. The van der Waals surface area contributed by atoms with E-state index in [0.717, 1.165) is 6.42 Å². The zero-order chi connectivity index (χ0) is 11.7. The Morgan fingerprint density at radius 2 is 2.12 bits per heavy atom. The predicted molar refractivity (Wildman–Crippen MR) is 69.6 cm³/mol. The molecule has 16 heavy (non-hydrogen) atoms. The van der Waals surface area contributed by atoms with E-state index in [0.29, 0.717) is 31.9 Å². The standard InChI is InChI=1S/C12H23NO2.ClH/c1-4-5-6-15-12(14)8-11(9-13)7-10(2)3;/h4,10-11H,1,5-9,13H2,2-3H3;1H/t11-;/m0./s1. The Morgan fingerprint density at radius 1 is 1.50 bits per heavy atom. The number of ether oxygens (including phenoxy) is 1. The summed E-state index contributed by atoms with van der Waals surface area (Å²) < 4.78 is 5.03. The molecule has 0 rings (SSSR count). The van der Waals surface area contributed by atoms with Crippen LogP contribution in [0.4, 0.5) is 0 Å². The van der Waals surface area contributed by atoms with Crippen LogP contribution >= 0.6 is 12.4 Å². The van der Waals surface area contributed by atoms with Gasteiger partial charge in [0.2, 0.25) is 0 Å². The topological polar surface area (TPSA) is 52.3 Å². The van der Waals surface area contributed by atoms with Gasteiger partial charge in [0.15, 0.2) is 0 Å². The van der Waals surface area contributed by atoms with E-state index in [9.17, 15) is 4.79 Å². The lowest BCUT2D eigenvalue weighted by Crippen LogP contribution is -2.21. The second kappa shape index (κ2) is 11.0. The molecular formula is C12H24ClNO2. The molecule has 0 unspecified atom stereocenters. The lowest BCUT2D eigenvalue weighted by Gasteiger charge is -2.15. The van der Waals surface area contributed by atoms with Crippen molar-refractivity contribution in [2.24, 2.45) is 17.6 Å². The van der Waals surface area contributed by atoms with Crippen molar-refractivity contribution in [1.82, 2.24) is 0 Å². The van der Waals surface area contributed by atoms with Crippen molar-refractivity contribution in [3.8, 4) is 0 Å². The number of halogens is 1. The Labute approximate surface area is 105 Å². The van der Waals surface area contributed by atoms with Crippen molar-refractivity contribution < 1.29 is 9.53 Å². The van der Waals surface area contributed by atoms with Gasteiger partial charge in [-0.3, -0.25) is 4.79 Å². The molecule has 0 fully saturated rings. The van der Waals surface area contributed by atoms with Gasteiger partial charge in [0.05, 0.1) is 6.61 Å². The molecule has 0 aromatic rings. The third kappa shape index (κ3) is 9.99. The SMILES string of the molecule is C=CCCOC(=O)C[C@@H](CN)CC(C)C.Cl. The summed E-state index contributed by atoms with van der Waals surface area (Å²) in [6.45, 7) is 8.81. The molecule has 0 saturated carbocycles. The molecule has 0 aliphatic rings. The lowest BCUT2D eigenvalue weighted by molar-refractivity contribution is -0.144. The molecule has 0 spiro atoms. The van der Waals surface area contributed by atoms with Crippen molar-refractivity contribution in [2.75, 3.05) is 13.2 Å². The van der Waals surface area contributed by atoms with E-state index in [4.69, 9.17) is 10.5 Å². The molecule has 2 N–H and O–H groups in total. The van der Waals surface area contributed by atoms with Crippen molar-refractivity contribution in [3.63, 3.8) is 0 Å². The first-order chi connectivity index (χ1) is 7.10. The van der Waals surface area contributed by atoms with Crippen molar-refractivity contribution >= 4 is 18.4 Å². The van der Waals surface area contributed by atoms with Crippen LogP contribution in [0.15, 0.2) is 12.7 Å². The molecule has 0 aromatic heterocycles. The highest BCUT2D eigenvalue weighted by Gasteiger charge is 2.14. The van der Waals surface area contributed by atoms with Gasteiger partial charge in [-0.25, -0.2) is 0 Å². The van der Waals surface area contributed by atoms with Crippen molar-refractivity contribution in [3.05, 3.63) is 12.7 Å². The summed E-state index contributed by atoms with van der Waals surface area (Å²) in [5.74, 6) is 0.675. The minimum absolute atomic E-state index is 0. The number of hydrogen-bond acceptors (Lipinski definition) is 3. The quantitative estimate of drug-likeness (QED) is 0.409. The molecule has 4 heteroatoms. The summed E-state index contributed by atoms with van der Waals surface area (Å²) in [5.41, 5.74) is 5.60. The number of carbonyl (C=O) groups is 1. The van der Waals surface area contributed by atoms with E-state index >= 15 is 0 Å². The molecule has 0 saturated heterocycles. The van der Waals surface area contributed by atoms with E-state index in [-0.39, 0.29) is 24.3 Å². The van der Waals surface area contributed by atoms with Crippen molar-refractivity contribution in [2.45, 2.75) is 33.1 Å². The van der Waals surface area contributed by atoms with Crippen LogP contribution < -0.4 is 5.73 Å². The number of esters is 1. The van der Waals surface area contributed by atoms with Gasteiger partial charge in [-0.05, 0) is 31.2 Å². The highest BCUT2D eigenvalue weighted by molar-refractivity contribution is 5.85. The summed E-state index contributed by atoms with van der Waals surface area (Å²) in [6, 6.07) is 0. The van der Waals surface area contributed by atoms with Crippen LogP contribution in [0.5, 0.6) is 0 Å². The highest BCUT2D eigenvalue weighted by atomic mass is 35.5. The largest absolute Gasteiger partial charge is 0.465 e.